The molecule has 0 unspecified atom stereocenters. The number of sulfonamides is 1. The summed E-state index contributed by atoms with van der Waals surface area (Å²) in [5.41, 5.74) is 3.42. The van der Waals surface area contributed by atoms with Crippen molar-refractivity contribution >= 4 is 44.6 Å². The lowest BCUT2D eigenvalue weighted by Crippen LogP contribution is -2.46. The number of ether oxygens (including phenoxy) is 1. The van der Waals surface area contributed by atoms with Gasteiger partial charge in [-0.3, -0.25) is 4.31 Å². The minimum Gasteiger partial charge on any atom is -0.377 e. The summed E-state index contributed by atoms with van der Waals surface area (Å²) in [5.74, 6) is 0. The van der Waals surface area contributed by atoms with Gasteiger partial charge in [0.05, 0.1) is 46.8 Å². The van der Waals surface area contributed by atoms with Crippen molar-refractivity contribution in [1.29, 1.82) is 0 Å². The molecule has 3 aromatic rings. The lowest BCUT2D eigenvalue weighted by molar-refractivity contribution is 0.00204. The number of nitrogens with zero attached hydrogens (tertiary/aromatic N) is 3. The largest absolute Gasteiger partial charge is 0.377 e. The molecule has 1 fully saturated rings. The van der Waals surface area contributed by atoms with Crippen LogP contribution in [0.5, 0.6) is 0 Å². The Bertz CT molecular complexity index is 1300. The highest BCUT2D eigenvalue weighted by molar-refractivity contribution is 7.95. The monoisotopic (exact) mass is 476 g/mol. The van der Waals surface area contributed by atoms with Crippen molar-refractivity contribution in [3.05, 3.63) is 69.7 Å². The molecule has 31 heavy (non-hydrogen) atoms. The standard InChI is InChI=1S/C21H18Cl2N4O3S/c1-26-21-19(17(12-31(26,28)29)24-15-10-30-11-15)25-27(18-5-3-2-4-16(18)23)20(21)13-6-8-14(22)9-7-13/h2-9,12,15,24H,10-11H2,1H3. The first-order valence-corrected chi connectivity index (χ1v) is 11.8. The Kier molecular flexibility index (Phi) is 4.97. The van der Waals surface area contributed by atoms with Crippen LogP contribution in [0.25, 0.3) is 22.6 Å². The van der Waals surface area contributed by atoms with Crippen LogP contribution in [0, 0.1) is 0 Å². The van der Waals surface area contributed by atoms with Gasteiger partial charge in [0.1, 0.15) is 11.4 Å². The number of hydrogen-bond donors (Lipinski definition) is 1. The zero-order valence-corrected chi connectivity index (χ0v) is 18.7. The third kappa shape index (κ3) is 3.49. The van der Waals surface area contributed by atoms with Gasteiger partial charge in [-0.1, -0.05) is 47.5 Å². The Morgan fingerprint density at radius 1 is 1.10 bits per heavy atom. The van der Waals surface area contributed by atoms with E-state index in [1.54, 1.807) is 22.9 Å². The van der Waals surface area contributed by atoms with E-state index in [1.807, 2.05) is 30.3 Å². The van der Waals surface area contributed by atoms with Crippen LogP contribution in [-0.2, 0) is 14.8 Å². The van der Waals surface area contributed by atoms with Gasteiger partial charge in [0.25, 0.3) is 10.0 Å². The topological polar surface area (TPSA) is 76.5 Å². The van der Waals surface area contributed by atoms with E-state index in [-0.39, 0.29) is 6.04 Å². The van der Waals surface area contributed by atoms with Crippen molar-refractivity contribution in [2.24, 2.45) is 0 Å². The van der Waals surface area contributed by atoms with Gasteiger partial charge in [-0.05, 0) is 24.3 Å². The first-order valence-electron chi connectivity index (χ1n) is 9.54. The molecule has 0 bridgehead atoms. The second-order valence-corrected chi connectivity index (χ2v) is 10.00. The molecule has 0 saturated carbocycles. The molecule has 0 radical (unpaired) electrons. The van der Waals surface area contributed by atoms with Crippen molar-refractivity contribution in [2.45, 2.75) is 6.04 Å². The van der Waals surface area contributed by atoms with Gasteiger partial charge in [0.15, 0.2) is 0 Å². The molecule has 2 aromatic carbocycles. The lowest BCUT2D eigenvalue weighted by atomic mass is 10.1. The molecule has 1 saturated heterocycles. The van der Waals surface area contributed by atoms with Crippen LogP contribution in [0.1, 0.15) is 5.69 Å². The number of halogens is 2. The fraction of sp³-hybridized carbons (Fsp3) is 0.190. The average Bonchev–Trinajstić information content (AvgIpc) is 3.10. The molecular weight excluding hydrogens is 459 g/mol. The highest BCUT2D eigenvalue weighted by atomic mass is 35.5. The highest BCUT2D eigenvalue weighted by Gasteiger charge is 2.36. The van der Waals surface area contributed by atoms with E-state index in [0.29, 0.717) is 51.7 Å². The molecule has 10 heteroatoms. The van der Waals surface area contributed by atoms with E-state index in [4.69, 9.17) is 33.0 Å². The van der Waals surface area contributed by atoms with Gasteiger partial charge in [-0.2, -0.15) is 5.10 Å². The first kappa shape index (κ1) is 20.4. The second kappa shape index (κ2) is 7.56. The normalized spacial score (nSPS) is 17.6. The SMILES string of the molecule is CN1c2c(nn(-c3ccccc3Cl)c2-c2ccc(Cl)cc2)C(NC2COC2)=CS1(=O)=O. The van der Waals surface area contributed by atoms with Crippen molar-refractivity contribution < 1.29 is 13.2 Å². The number of benzene rings is 2. The lowest BCUT2D eigenvalue weighted by Gasteiger charge is -2.31. The minimum atomic E-state index is -3.72. The summed E-state index contributed by atoms with van der Waals surface area (Å²) in [5, 5.41) is 10.4. The Morgan fingerprint density at radius 2 is 1.81 bits per heavy atom. The number of anilines is 1. The summed E-state index contributed by atoms with van der Waals surface area (Å²) in [6, 6.07) is 14.5. The van der Waals surface area contributed by atoms with Gasteiger partial charge in [-0.25, -0.2) is 13.1 Å². The van der Waals surface area contributed by atoms with Crippen LogP contribution < -0.4 is 9.62 Å². The Morgan fingerprint density at radius 3 is 2.45 bits per heavy atom. The maximum Gasteiger partial charge on any atom is 0.259 e. The van der Waals surface area contributed by atoms with Gasteiger partial charge in [0, 0.05) is 17.6 Å². The number of hydrogen-bond acceptors (Lipinski definition) is 5. The van der Waals surface area contributed by atoms with Gasteiger partial charge >= 0.3 is 0 Å². The first-order chi connectivity index (χ1) is 14.8. The number of rotatable bonds is 4. The number of aromatic nitrogens is 2. The molecular formula is C21H18Cl2N4O3S. The molecule has 0 atom stereocenters. The van der Waals surface area contributed by atoms with Crippen molar-refractivity contribution in [1.82, 2.24) is 15.1 Å². The van der Waals surface area contributed by atoms with Crippen LogP contribution in [0.3, 0.4) is 0 Å². The summed E-state index contributed by atoms with van der Waals surface area (Å²) < 4.78 is 34.1. The van der Waals surface area contributed by atoms with Gasteiger partial charge < -0.3 is 10.1 Å². The smallest absolute Gasteiger partial charge is 0.259 e. The quantitative estimate of drug-likeness (QED) is 0.617. The summed E-state index contributed by atoms with van der Waals surface area (Å²) in [7, 11) is -2.20. The zero-order valence-electron chi connectivity index (χ0n) is 16.4. The van der Waals surface area contributed by atoms with E-state index >= 15 is 0 Å². The molecule has 2 aliphatic rings. The summed E-state index contributed by atoms with van der Waals surface area (Å²) in [6.07, 6.45) is 0. The van der Waals surface area contributed by atoms with Crippen LogP contribution in [0.15, 0.2) is 53.9 Å². The molecule has 5 rings (SSSR count). The van der Waals surface area contributed by atoms with E-state index in [0.717, 1.165) is 5.56 Å². The zero-order chi connectivity index (χ0) is 21.8. The van der Waals surface area contributed by atoms with Gasteiger partial charge in [0.2, 0.25) is 0 Å². The maximum absolute atomic E-state index is 13.0. The molecule has 1 aromatic heterocycles. The molecule has 3 heterocycles. The molecule has 0 aliphatic carbocycles. The molecule has 0 spiro atoms. The molecule has 2 aliphatic heterocycles. The molecule has 0 amide bonds. The fourth-order valence-electron chi connectivity index (χ4n) is 3.61. The minimum absolute atomic E-state index is 0.0298. The summed E-state index contributed by atoms with van der Waals surface area (Å²) in [4.78, 5) is 0. The Labute approximate surface area is 189 Å². The van der Waals surface area contributed by atoms with Crippen molar-refractivity contribution in [3.63, 3.8) is 0 Å². The van der Waals surface area contributed by atoms with E-state index in [2.05, 4.69) is 5.32 Å². The average molecular weight is 477 g/mol. The maximum atomic E-state index is 13.0. The predicted octanol–water partition coefficient (Wildman–Crippen LogP) is 3.91. The molecule has 160 valence electrons. The van der Waals surface area contributed by atoms with Gasteiger partial charge in [-0.15, -0.1) is 0 Å². The molecule has 1 N–H and O–H groups in total. The van der Waals surface area contributed by atoms with Crippen LogP contribution in [0.4, 0.5) is 5.69 Å². The van der Waals surface area contributed by atoms with Crippen molar-refractivity contribution in [2.75, 3.05) is 24.6 Å². The summed E-state index contributed by atoms with van der Waals surface area (Å²) in [6.45, 7) is 1.02. The van der Waals surface area contributed by atoms with Crippen LogP contribution >= 0.6 is 23.2 Å². The van der Waals surface area contributed by atoms with Crippen molar-refractivity contribution in [3.8, 4) is 16.9 Å². The van der Waals surface area contributed by atoms with Crippen LogP contribution in [0.2, 0.25) is 10.0 Å². The molecule has 7 nitrogen and oxygen atoms in total. The third-order valence-electron chi connectivity index (χ3n) is 5.27. The van der Waals surface area contributed by atoms with E-state index in [9.17, 15) is 8.42 Å². The number of fused-ring (bicyclic) bond motifs is 1. The Hall–Kier alpha value is -2.52. The van der Waals surface area contributed by atoms with Crippen LogP contribution in [-0.4, -0.2) is 44.5 Å². The fourth-order valence-corrected chi connectivity index (χ4v) is 5.01. The number of nitrogens with one attached hydrogen (secondary N) is 1. The second-order valence-electron chi connectivity index (χ2n) is 7.34. The predicted molar refractivity (Wildman–Crippen MR) is 122 cm³/mol. The van der Waals surface area contributed by atoms with E-state index < -0.39 is 10.0 Å². The Balaban J connectivity index is 1.79. The third-order valence-corrected chi connectivity index (χ3v) is 7.33. The summed E-state index contributed by atoms with van der Waals surface area (Å²) >= 11 is 12.6. The highest BCUT2D eigenvalue weighted by Crippen LogP contribution is 2.43. The van der Waals surface area contributed by atoms with E-state index in [1.165, 1.54) is 16.8 Å². The number of para-hydroxylation sites is 1.